The Labute approximate surface area is 274 Å². The number of rotatable bonds is 11. The number of benzene rings is 2. The molecule has 2 aliphatic rings. The van der Waals surface area contributed by atoms with Crippen LogP contribution in [-0.4, -0.2) is 90.1 Å². The number of nitrogens with zero attached hydrogens (tertiary/aromatic N) is 2. The lowest BCUT2D eigenvalue weighted by Crippen LogP contribution is -2.49. The van der Waals surface area contributed by atoms with Crippen LogP contribution in [-0.2, 0) is 45.7 Å². The van der Waals surface area contributed by atoms with Crippen molar-refractivity contribution >= 4 is 54.8 Å². The molecule has 2 fully saturated rings. The van der Waals surface area contributed by atoms with Crippen molar-refractivity contribution in [1.29, 1.82) is 0 Å². The molecule has 2 aliphatic heterocycles. The Morgan fingerprint density at radius 1 is 0.979 bits per heavy atom. The fraction of sp³-hybridized carbons (Fsp3) is 0.345. The van der Waals surface area contributed by atoms with Crippen LogP contribution in [0.15, 0.2) is 60.0 Å². The van der Waals surface area contributed by atoms with Crippen LogP contribution >= 0.6 is 11.3 Å². The first kappa shape index (κ1) is 34.2. The first-order valence-corrected chi connectivity index (χ1v) is 18.7. The Balaban J connectivity index is 1.20. The van der Waals surface area contributed by atoms with E-state index in [0.717, 1.165) is 23.8 Å². The minimum Gasteiger partial charge on any atom is -0.457 e. The largest absolute Gasteiger partial charge is 0.457 e. The van der Waals surface area contributed by atoms with E-state index in [1.54, 1.807) is 12.1 Å². The second kappa shape index (κ2) is 13.6. The second-order valence-electron chi connectivity index (χ2n) is 10.8. The lowest BCUT2D eigenvalue weighted by molar-refractivity contribution is -0.152. The van der Waals surface area contributed by atoms with Crippen molar-refractivity contribution in [3.8, 4) is 11.5 Å². The molecule has 2 saturated heterocycles. The average molecular weight is 711 g/mol. The first-order chi connectivity index (χ1) is 22.1. The van der Waals surface area contributed by atoms with Crippen molar-refractivity contribution in [2.75, 3.05) is 42.5 Å². The molecule has 3 amide bonds. The van der Waals surface area contributed by atoms with Gasteiger partial charge in [0.05, 0.1) is 51.0 Å². The summed E-state index contributed by atoms with van der Waals surface area (Å²) in [5, 5.41) is 6.61. The van der Waals surface area contributed by atoms with Crippen molar-refractivity contribution in [1.82, 2.24) is 15.5 Å². The smallest absolute Gasteiger partial charge is 0.251 e. The van der Waals surface area contributed by atoms with Crippen LogP contribution in [0.1, 0.15) is 21.7 Å². The molecule has 14 nitrogen and oxygen atoms in total. The van der Waals surface area contributed by atoms with E-state index in [4.69, 9.17) is 14.2 Å². The van der Waals surface area contributed by atoms with Gasteiger partial charge in [-0.05, 0) is 54.6 Å². The minimum atomic E-state index is -4.13. The molecule has 252 valence electrons. The summed E-state index contributed by atoms with van der Waals surface area (Å²) in [6.07, 6.45) is 1.58. The normalized spacial score (nSPS) is 17.4. The molecule has 3 aromatic rings. The standard InChI is InChI=1S/C29H31FN4O10S3/c1-46(38,39)34(47(2,40)41)21-13-24(45-17-21)15-31-28(37)25-14-29(42-11-12-43-29)18-33(25)26(35)16-32-27(36)19-3-7-22(8-4-19)44-23-9-5-20(30)6-10-23/h3-10,13,17,25H,11-12,14-16,18H2,1-2H3,(H,31,37)(H,32,36)/t25-/m0/s1. The SMILES string of the molecule is CS(=O)(=O)N(c1csc(CNC(=O)[C@@H]2CC3(CN2C(=O)CNC(=O)c2ccc(Oc4ccc(F)cc4)cc2)OCCO3)c1)S(C)(=O)=O. The van der Waals surface area contributed by atoms with E-state index in [1.807, 2.05) is 0 Å². The summed E-state index contributed by atoms with van der Waals surface area (Å²) in [7, 11) is -8.27. The van der Waals surface area contributed by atoms with Crippen molar-refractivity contribution < 1.29 is 49.8 Å². The molecule has 1 atom stereocenters. The molecule has 0 bridgehead atoms. The fourth-order valence-corrected chi connectivity index (χ4v) is 9.06. The molecule has 0 radical (unpaired) electrons. The number of nitrogens with one attached hydrogen (secondary N) is 2. The Hall–Kier alpha value is -4.10. The lowest BCUT2D eigenvalue weighted by atomic mass is 10.1. The Morgan fingerprint density at radius 2 is 1.57 bits per heavy atom. The van der Waals surface area contributed by atoms with E-state index in [2.05, 4.69) is 10.6 Å². The number of ether oxygens (including phenoxy) is 3. The third-order valence-corrected chi connectivity index (χ3v) is 11.4. The van der Waals surface area contributed by atoms with Gasteiger partial charge in [-0.3, -0.25) is 14.4 Å². The number of anilines is 1. The Kier molecular flexibility index (Phi) is 9.88. The van der Waals surface area contributed by atoms with Gasteiger partial charge in [-0.25, -0.2) is 21.2 Å². The maximum absolute atomic E-state index is 13.3. The lowest BCUT2D eigenvalue weighted by Gasteiger charge is -2.24. The molecule has 0 aliphatic carbocycles. The van der Waals surface area contributed by atoms with Crippen LogP contribution < -0.4 is 19.1 Å². The number of hydrogen-bond donors (Lipinski definition) is 2. The number of sulfonamides is 2. The number of carbonyl (C=O) groups excluding carboxylic acids is 3. The fourth-order valence-electron chi connectivity index (χ4n) is 5.19. The molecule has 18 heteroatoms. The summed E-state index contributed by atoms with van der Waals surface area (Å²) in [5.41, 5.74) is 0.166. The van der Waals surface area contributed by atoms with Gasteiger partial charge in [0.25, 0.3) is 5.91 Å². The van der Waals surface area contributed by atoms with Crippen molar-refractivity contribution in [3.63, 3.8) is 0 Å². The van der Waals surface area contributed by atoms with Gasteiger partial charge in [-0.2, -0.15) is 3.71 Å². The van der Waals surface area contributed by atoms with Gasteiger partial charge >= 0.3 is 0 Å². The van der Waals surface area contributed by atoms with Gasteiger partial charge in [0.2, 0.25) is 31.9 Å². The number of carbonyl (C=O) groups is 3. The van der Waals surface area contributed by atoms with Crippen LogP contribution in [0.5, 0.6) is 11.5 Å². The summed E-state index contributed by atoms with van der Waals surface area (Å²) in [4.78, 5) is 41.2. The topological polar surface area (TPSA) is 178 Å². The molecular weight excluding hydrogens is 680 g/mol. The predicted molar refractivity (Wildman–Crippen MR) is 168 cm³/mol. The zero-order valence-corrected chi connectivity index (χ0v) is 27.6. The quantitative estimate of drug-likeness (QED) is 0.298. The van der Waals surface area contributed by atoms with Gasteiger partial charge in [0, 0.05) is 22.2 Å². The van der Waals surface area contributed by atoms with Crippen LogP contribution in [0.3, 0.4) is 0 Å². The van der Waals surface area contributed by atoms with Crippen LogP contribution in [0.2, 0.25) is 0 Å². The van der Waals surface area contributed by atoms with Crippen molar-refractivity contribution in [2.24, 2.45) is 0 Å². The van der Waals surface area contributed by atoms with E-state index in [9.17, 15) is 35.6 Å². The van der Waals surface area contributed by atoms with E-state index >= 15 is 0 Å². The Bertz CT molecular complexity index is 1830. The average Bonchev–Trinajstić information content (AvgIpc) is 3.75. The van der Waals surface area contributed by atoms with Gasteiger partial charge in [0.1, 0.15) is 23.4 Å². The first-order valence-electron chi connectivity index (χ1n) is 14.1. The summed E-state index contributed by atoms with van der Waals surface area (Å²) in [5.74, 6) is -2.39. The number of halogens is 1. The maximum Gasteiger partial charge on any atom is 0.251 e. The predicted octanol–water partition coefficient (Wildman–Crippen LogP) is 1.80. The molecule has 2 aromatic carbocycles. The molecule has 0 saturated carbocycles. The number of likely N-dealkylation sites (tertiary alicyclic amines) is 1. The molecule has 5 rings (SSSR count). The van der Waals surface area contributed by atoms with E-state index in [1.165, 1.54) is 52.7 Å². The Morgan fingerprint density at radius 3 is 2.17 bits per heavy atom. The molecule has 2 N–H and O–H groups in total. The van der Waals surface area contributed by atoms with Crippen LogP contribution in [0.4, 0.5) is 10.1 Å². The zero-order valence-electron chi connectivity index (χ0n) is 25.2. The minimum absolute atomic E-state index is 0.0413. The third kappa shape index (κ3) is 8.25. The van der Waals surface area contributed by atoms with Crippen LogP contribution in [0, 0.1) is 5.82 Å². The summed E-state index contributed by atoms with van der Waals surface area (Å²) in [6.45, 7) is 0.0195. The third-order valence-electron chi connectivity index (χ3n) is 7.18. The molecule has 47 heavy (non-hydrogen) atoms. The summed E-state index contributed by atoms with van der Waals surface area (Å²) >= 11 is 1.05. The van der Waals surface area contributed by atoms with Gasteiger partial charge in [0.15, 0.2) is 5.79 Å². The molecule has 3 heterocycles. The van der Waals surface area contributed by atoms with Gasteiger partial charge in [-0.1, -0.05) is 0 Å². The molecule has 0 unspecified atom stereocenters. The highest BCUT2D eigenvalue weighted by Crippen LogP contribution is 2.35. The highest BCUT2D eigenvalue weighted by molar-refractivity contribution is 8.09. The number of thiophene rings is 1. The second-order valence-corrected chi connectivity index (χ2v) is 15.7. The summed E-state index contributed by atoms with van der Waals surface area (Å²) in [6, 6.07) is 11.9. The molecule has 1 aromatic heterocycles. The maximum atomic E-state index is 13.3. The van der Waals surface area contributed by atoms with E-state index in [-0.39, 0.29) is 44.0 Å². The van der Waals surface area contributed by atoms with Crippen molar-refractivity contribution in [2.45, 2.75) is 24.8 Å². The monoisotopic (exact) mass is 710 g/mol. The van der Waals surface area contributed by atoms with Crippen LogP contribution in [0.25, 0.3) is 0 Å². The zero-order chi connectivity index (χ0) is 34.0. The molecular formula is C29H31FN4O10S3. The number of amides is 3. The summed E-state index contributed by atoms with van der Waals surface area (Å²) < 4.78 is 78.9. The highest BCUT2D eigenvalue weighted by atomic mass is 32.3. The number of hydrogen-bond acceptors (Lipinski definition) is 11. The highest BCUT2D eigenvalue weighted by Gasteiger charge is 2.52. The van der Waals surface area contributed by atoms with Crippen molar-refractivity contribution in [3.05, 3.63) is 76.2 Å². The van der Waals surface area contributed by atoms with Gasteiger partial charge in [-0.15, -0.1) is 11.3 Å². The molecule has 1 spiro atoms. The van der Waals surface area contributed by atoms with E-state index < -0.39 is 62.0 Å². The van der Waals surface area contributed by atoms with E-state index in [0.29, 0.717) is 20.1 Å². The van der Waals surface area contributed by atoms with Gasteiger partial charge < -0.3 is 29.7 Å².